The van der Waals surface area contributed by atoms with Gasteiger partial charge in [-0.3, -0.25) is 9.97 Å². The van der Waals surface area contributed by atoms with Crippen molar-refractivity contribution in [3.05, 3.63) is 72.1 Å². The minimum absolute atomic E-state index is 0.674. The summed E-state index contributed by atoms with van der Waals surface area (Å²) in [6.07, 6.45) is 2.62. The number of hydrogen-bond acceptors (Lipinski definition) is 3. The molecule has 1 N–H and O–H groups in total. The summed E-state index contributed by atoms with van der Waals surface area (Å²) in [4.78, 5) is 8.55. The van der Waals surface area contributed by atoms with Crippen molar-refractivity contribution in [1.29, 1.82) is 0 Å². The summed E-state index contributed by atoms with van der Waals surface area (Å²) in [6.45, 7) is 0. The van der Waals surface area contributed by atoms with E-state index in [9.17, 15) is 5.11 Å². The van der Waals surface area contributed by atoms with Crippen LogP contribution in [0.3, 0.4) is 0 Å². The zero-order valence-corrected chi connectivity index (χ0v) is 9.69. The Morgan fingerprint density at radius 1 is 0.833 bits per heavy atom. The van der Waals surface area contributed by atoms with Crippen LogP contribution in [0.4, 0.5) is 0 Å². The molecule has 0 spiro atoms. The van der Waals surface area contributed by atoms with Crippen molar-refractivity contribution in [2.24, 2.45) is 0 Å². The summed E-state index contributed by atoms with van der Waals surface area (Å²) in [5.74, 6) is 0. The van der Waals surface area contributed by atoms with Crippen LogP contribution in [-0.4, -0.2) is 15.1 Å². The van der Waals surface area contributed by atoms with Gasteiger partial charge in [-0.05, 0) is 11.6 Å². The Bertz CT molecular complexity index is 662. The number of fused-ring (bicyclic) bond motifs is 1. The van der Waals surface area contributed by atoms with Gasteiger partial charge in [0.2, 0.25) is 0 Å². The molecule has 18 heavy (non-hydrogen) atoms. The fourth-order valence-corrected chi connectivity index (χ4v) is 2.05. The molecule has 1 atom stereocenters. The van der Waals surface area contributed by atoms with Gasteiger partial charge in [-0.2, -0.15) is 0 Å². The maximum absolute atomic E-state index is 10.4. The molecule has 3 rings (SSSR count). The number of benzene rings is 2. The third-order valence-corrected chi connectivity index (χ3v) is 2.94. The Morgan fingerprint density at radius 2 is 1.61 bits per heavy atom. The molecular formula is C15H12N2O. The van der Waals surface area contributed by atoms with Crippen molar-refractivity contribution in [2.75, 3.05) is 0 Å². The van der Waals surface area contributed by atoms with Crippen LogP contribution in [0.25, 0.3) is 11.0 Å². The largest absolute Gasteiger partial charge is 0.384 e. The molecule has 88 valence electrons. The summed E-state index contributed by atoms with van der Waals surface area (Å²) in [6, 6.07) is 15.2. The Labute approximate surface area is 105 Å². The van der Waals surface area contributed by atoms with Crippen LogP contribution < -0.4 is 0 Å². The molecule has 1 heterocycles. The Hall–Kier alpha value is -2.26. The van der Waals surface area contributed by atoms with E-state index in [0.29, 0.717) is 0 Å². The summed E-state index contributed by atoms with van der Waals surface area (Å²) >= 11 is 0. The van der Waals surface area contributed by atoms with E-state index in [1.807, 2.05) is 48.5 Å². The molecule has 2 aromatic carbocycles. The monoisotopic (exact) mass is 236 g/mol. The third-order valence-electron chi connectivity index (χ3n) is 2.94. The molecule has 0 fully saturated rings. The number of rotatable bonds is 2. The fraction of sp³-hybridized carbons (Fsp3) is 0.0667. The van der Waals surface area contributed by atoms with E-state index >= 15 is 0 Å². The highest BCUT2D eigenvalue weighted by molar-refractivity contribution is 5.78. The molecule has 0 aliphatic rings. The molecule has 3 nitrogen and oxygen atoms in total. The molecule has 0 radical (unpaired) electrons. The lowest BCUT2D eigenvalue weighted by Gasteiger charge is -2.12. The summed E-state index contributed by atoms with van der Waals surface area (Å²) in [5.41, 5.74) is 3.18. The van der Waals surface area contributed by atoms with Gasteiger partial charge in [-0.15, -0.1) is 0 Å². The van der Waals surface area contributed by atoms with Gasteiger partial charge in [0.05, 0.1) is 11.0 Å². The van der Waals surface area contributed by atoms with Crippen LogP contribution in [0.5, 0.6) is 0 Å². The zero-order chi connectivity index (χ0) is 12.4. The van der Waals surface area contributed by atoms with Gasteiger partial charge in [0.1, 0.15) is 6.10 Å². The highest BCUT2D eigenvalue weighted by Gasteiger charge is 2.13. The minimum atomic E-state index is -0.674. The van der Waals surface area contributed by atoms with Crippen LogP contribution in [0.1, 0.15) is 17.2 Å². The van der Waals surface area contributed by atoms with E-state index < -0.39 is 6.10 Å². The Balaban J connectivity index is 2.15. The smallest absolute Gasteiger partial charge is 0.106 e. The standard InChI is InChI=1S/C15H12N2O/c18-15(11-5-2-1-3-6-11)12-7-4-8-13-14(12)17-10-9-16-13/h1-10,15,18H. The van der Waals surface area contributed by atoms with Crippen LogP contribution >= 0.6 is 0 Å². The minimum Gasteiger partial charge on any atom is -0.384 e. The van der Waals surface area contributed by atoms with Gasteiger partial charge in [-0.1, -0.05) is 42.5 Å². The molecule has 0 aliphatic carbocycles. The normalized spacial score (nSPS) is 12.5. The molecule has 3 aromatic rings. The van der Waals surface area contributed by atoms with Crippen molar-refractivity contribution in [3.8, 4) is 0 Å². The average Bonchev–Trinajstić information content (AvgIpc) is 2.47. The predicted octanol–water partition coefficient (Wildman–Crippen LogP) is 2.71. The number of aromatic nitrogens is 2. The first kappa shape index (κ1) is 10.9. The van der Waals surface area contributed by atoms with Crippen LogP contribution in [0, 0.1) is 0 Å². The first-order valence-corrected chi connectivity index (χ1v) is 5.79. The third kappa shape index (κ3) is 1.85. The first-order valence-electron chi connectivity index (χ1n) is 5.79. The molecular weight excluding hydrogens is 224 g/mol. The lowest BCUT2D eigenvalue weighted by atomic mass is 10.0. The lowest BCUT2D eigenvalue weighted by Crippen LogP contribution is -2.01. The average molecular weight is 236 g/mol. The van der Waals surface area contributed by atoms with E-state index in [1.165, 1.54) is 0 Å². The van der Waals surface area contributed by atoms with Crippen molar-refractivity contribution < 1.29 is 5.11 Å². The number of hydrogen-bond donors (Lipinski definition) is 1. The Kier molecular flexibility index (Phi) is 2.74. The molecule has 3 heteroatoms. The van der Waals surface area contributed by atoms with Crippen molar-refractivity contribution in [3.63, 3.8) is 0 Å². The topological polar surface area (TPSA) is 46.0 Å². The molecule has 1 aromatic heterocycles. The zero-order valence-electron chi connectivity index (χ0n) is 9.69. The second kappa shape index (κ2) is 4.55. The fourth-order valence-electron chi connectivity index (χ4n) is 2.05. The van der Waals surface area contributed by atoms with Gasteiger partial charge >= 0.3 is 0 Å². The van der Waals surface area contributed by atoms with Crippen molar-refractivity contribution >= 4 is 11.0 Å². The summed E-state index contributed by atoms with van der Waals surface area (Å²) < 4.78 is 0. The van der Waals surface area contributed by atoms with Gasteiger partial charge in [0.25, 0.3) is 0 Å². The number of aliphatic hydroxyl groups excluding tert-OH is 1. The molecule has 0 aliphatic heterocycles. The number of para-hydroxylation sites is 1. The highest BCUT2D eigenvalue weighted by atomic mass is 16.3. The first-order chi connectivity index (χ1) is 8.86. The molecule has 0 bridgehead atoms. The highest BCUT2D eigenvalue weighted by Crippen LogP contribution is 2.26. The SMILES string of the molecule is OC(c1ccccc1)c1cccc2nccnc12. The maximum Gasteiger partial charge on any atom is 0.106 e. The molecule has 0 amide bonds. The van der Waals surface area contributed by atoms with Gasteiger partial charge < -0.3 is 5.11 Å². The van der Waals surface area contributed by atoms with Crippen molar-refractivity contribution in [1.82, 2.24) is 9.97 Å². The van der Waals surface area contributed by atoms with Crippen LogP contribution in [0.2, 0.25) is 0 Å². The van der Waals surface area contributed by atoms with Gasteiger partial charge in [-0.25, -0.2) is 0 Å². The van der Waals surface area contributed by atoms with Gasteiger partial charge in [0.15, 0.2) is 0 Å². The Morgan fingerprint density at radius 3 is 2.44 bits per heavy atom. The number of aliphatic hydroxyl groups is 1. The van der Waals surface area contributed by atoms with E-state index in [2.05, 4.69) is 9.97 Å². The quantitative estimate of drug-likeness (QED) is 0.744. The molecule has 1 unspecified atom stereocenters. The van der Waals surface area contributed by atoms with E-state index in [-0.39, 0.29) is 0 Å². The second-order valence-corrected chi connectivity index (χ2v) is 4.08. The van der Waals surface area contributed by atoms with Crippen molar-refractivity contribution in [2.45, 2.75) is 6.10 Å². The predicted molar refractivity (Wildman–Crippen MR) is 70.0 cm³/mol. The molecule has 0 saturated heterocycles. The van der Waals surface area contributed by atoms with Crippen LogP contribution in [0.15, 0.2) is 60.9 Å². The summed E-state index contributed by atoms with van der Waals surface area (Å²) in [5, 5.41) is 10.4. The summed E-state index contributed by atoms with van der Waals surface area (Å²) in [7, 11) is 0. The van der Waals surface area contributed by atoms with E-state index in [0.717, 1.165) is 22.2 Å². The number of nitrogens with zero attached hydrogens (tertiary/aromatic N) is 2. The van der Waals surface area contributed by atoms with E-state index in [1.54, 1.807) is 12.4 Å². The second-order valence-electron chi connectivity index (χ2n) is 4.08. The van der Waals surface area contributed by atoms with E-state index in [4.69, 9.17) is 0 Å². The maximum atomic E-state index is 10.4. The molecule has 0 saturated carbocycles. The van der Waals surface area contributed by atoms with Crippen LogP contribution in [-0.2, 0) is 0 Å². The lowest BCUT2D eigenvalue weighted by molar-refractivity contribution is 0.221. The van der Waals surface area contributed by atoms with Gasteiger partial charge in [0, 0.05) is 18.0 Å².